The summed E-state index contributed by atoms with van der Waals surface area (Å²) in [5.74, 6) is 0. The minimum absolute atomic E-state index is 0.00957. The average Bonchev–Trinajstić information content (AvgIpc) is 2.91. The summed E-state index contributed by atoms with van der Waals surface area (Å²) in [7, 11) is 1.86. The summed E-state index contributed by atoms with van der Waals surface area (Å²) >= 11 is 5.95. The van der Waals surface area contributed by atoms with Crippen molar-refractivity contribution in [2.75, 3.05) is 13.7 Å². The first kappa shape index (κ1) is 14.8. The lowest BCUT2D eigenvalue weighted by molar-refractivity contribution is -0.0351. The number of benzene rings is 1. The second kappa shape index (κ2) is 6.74. The number of halogens is 1. The highest BCUT2D eigenvalue weighted by Crippen LogP contribution is 2.36. The fourth-order valence-corrected chi connectivity index (χ4v) is 3.34. The van der Waals surface area contributed by atoms with Crippen LogP contribution in [0.1, 0.15) is 38.2 Å². The Morgan fingerprint density at radius 2 is 1.89 bits per heavy atom. The van der Waals surface area contributed by atoms with Crippen molar-refractivity contribution in [3.8, 4) is 0 Å². The number of hydrogen-bond donors (Lipinski definition) is 1. The third-order valence-corrected chi connectivity index (χ3v) is 4.55. The van der Waals surface area contributed by atoms with Gasteiger partial charge in [-0.15, -0.1) is 0 Å². The monoisotopic (exact) mass is 281 g/mol. The number of nitrogens with one attached hydrogen (secondary N) is 1. The van der Waals surface area contributed by atoms with Crippen LogP contribution in [0.15, 0.2) is 24.3 Å². The molecule has 1 aromatic rings. The molecule has 1 atom stereocenters. The van der Waals surface area contributed by atoms with Crippen LogP contribution < -0.4 is 5.32 Å². The molecule has 2 rings (SSSR count). The molecule has 3 heteroatoms. The number of likely N-dealkylation sites (N-methyl/N-ethyl adjacent to an activating group) is 1. The fraction of sp³-hybridized carbons (Fsp3) is 0.625. The maximum atomic E-state index is 5.95. The number of ether oxygens (including phenoxy) is 1. The maximum Gasteiger partial charge on any atom is 0.0834 e. The summed E-state index contributed by atoms with van der Waals surface area (Å²) in [5.41, 5.74) is 1.33. The van der Waals surface area contributed by atoms with E-state index in [1.54, 1.807) is 0 Å². The van der Waals surface area contributed by atoms with Crippen LogP contribution in [0.5, 0.6) is 0 Å². The van der Waals surface area contributed by atoms with Crippen molar-refractivity contribution in [3.05, 3.63) is 34.9 Å². The van der Waals surface area contributed by atoms with Crippen molar-refractivity contribution in [2.45, 2.75) is 50.7 Å². The van der Waals surface area contributed by atoms with Crippen LogP contribution in [-0.4, -0.2) is 25.3 Å². The Morgan fingerprint density at radius 3 is 2.42 bits per heavy atom. The molecule has 1 N–H and O–H groups in total. The number of hydrogen-bond acceptors (Lipinski definition) is 2. The molecule has 19 heavy (non-hydrogen) atoms. The van der Waals surface area contributed by atoms with E-state index in [0.717, 1.165) is 30.8 Å². The number of methoxy groups -OCH3 is 1. The molecule has 0 radical (unpaired) electrons. The predicted octanol–water partition coefficient (Wildman–Crippen LogP) is 3.82. The van der Waals surface area contributed by atoms with Crippen LogP contribution in [0, 0.1) is 0 Å². The van der Waals surface area contributed by atoms with E-state index in [1.807, 2.05) is 19.2 Å². The fourth-order valence-electron chi connectivity index (χ4n) is 3.22. The highest BCUT2D eigenvalue weighted by molar-refractivity contribution is 6.30. The van der Waals surface area contributed by atoms with Crippen LogP contribution in [0.4, 0.5) is 0 Å². The molecular formula is C16H24ClNO. The van der Waals surface area contributed by atoms with Gasteiger partial charge >= 0.3 is 0 Å². The van der Waals surface area contributed by atoms with Crippen LogP contribution in [0.25, 0.3) is 0 Å². The van der Waals surface area contributed by atoms with E-state index < -0.39 is 0 Å². The van der Waals surface area contributed by atoms with E-state index in [1.165, 1.54) is 18.4 Å². The minimum Gasteiger partial charge on any atom is -0.377 e. The molecule has 2 nitrogen and oxygen atoms in total. The third-order valence-electron chi connectivity index (χ3n) is 4.30. The second-order valence-electron chi connectivity index (χ2n) is 5.42. The molecule has 0 amide bonds. The van der Waals surface area contributed by atoms with E-state index in [4.69, 9.17) is 16.3 Å². The molecule has 0 spiro atoms. The molecule has 1 saturated carbocycles. The molecule has 1 fully saturated rings. The zero-order valence-electron chi connectivity index (χ0n) is 11.9. The SMILES string of the molecule is CCNC(Cc1ccc(Cl)cc1)C1(OC)CCCC1. The van der Waals surface area contributed by atoms with Gasteiger partial charge in [-0.25, -0.2) is 0 Å². The standard InChI is InChI=1S/C16H24ClNO/c1-3-18-15(16(19-2)10-4-5-11-16)12-13-6-8-14(17)9-7-13/h6-9,15,18H,3-5,10-12H2,1-2H3. The minimum atomic E-state index is 0.00957. The Morgan fingerprint density at radius 1 is 1.26 bits per heavy atom. The van der Waals surface area contributed by atoms with Gasteiger partial charge in [0, 0.05) is 18.2 Å². The molecule has 0 aliphatic heterocycles. The molecule has 0 saturated heterocycles. The third kappa shape index (κ3) is 3.50. The van der Waals surface area contributed by atoms with Crippen molar-refractivity contribution in [3.63, 3.8) is 0 Å². The van der Waals surface area contributed by atoms with Gasteiger partial charge in [0.05, 0.1) is 5.60 Å². The van der Waals surface area contributed by atoms with Crippen LogP contribution in [0.3, 0.4) is 0 Å². The van der Waals surface area contributed by atoms with E-state index in [0.29, 0.717) is 6.04 Å². The highest BCUT2D eigenvalue weighted by Gasteiger charge is 2.41. The smallest absolute Gasteiger partial charge is 0.0834 e. The molecule has 1 aliphatic rings. The van der Waals surface area contributed by atoms with Crippen LogP contribution >= 0.6 is 11.6 Å². The summed E-state index contributed by atoms with van der Waals surface area (Å²) in [4.78, 5) is 0. The maximum absolute atomic E-state index is 5.95. The largest absolute Gasteiger partial charge is 0.377 e. The van der Waals surface area contributed by atoms with E-state index >= 15 is 0 Å². The molecule has 0 bridgehead atoms. The van der Waals surface area contributed by atoms with Gasteiger partial charge in [-0.3, -0.25) is 0 Å². The summed E-state index contributed by atoms with van der Waals surface area (Å²) in [6.07, 6.45) is 5.87. The van der Waals surface area contributed by atoms with Gasteiger partial charge in [0.2, 0.25) is 0 Å². The Bertz CT molecular complexity index is 384. The molecule has 1 aliphatic carbocycles. The first-order valence-corrected chi connectivity index (χ1v) is 7.61. The van der Waals surface area contributed by atoms with E-state index in [-0.39, 0.29) is 5.60 Å². The summed E-state index contributed by atoms with van der Waals surface area (Å²) < 4.78 is 5.92. The first-order chi connectivity index (χ1) is 9.20. The van der Waals surface area contributed by atoms with Crippen molar-refractivity contribution in [1.29, 1.82) is 0 Å². The molecular weight excluding hydrogens is 258 g/mol. The van der Waals surface area contributed by atoms with Gasteiger partial charge in [-0.1, -0.05) is 43.5 Å². The molecule has 1 unspecified atom stereocenters. The Labute approximate surface area is 121 Å². The molecule has 0 heterocycles. The quantitative estimate of drug-likeness (QED) is 0.856. The first-order valence-electron chi connectivity index (χ1n) is 7.23. The number of rotatable bonds is 6. The van der Waals surface area contributed by atoms with Gasteiger partial charge in [-0.2, -0.15) is 0 Å². The molecule has 0 aromatic heterocycles. The second-order valence-corrected chi connectivity index (χ2v) is 5.85. The summed E-state index contributed by atoms with van der Waals surface area (Å²) in [6, 6.07) is 8.55. The highest BCUT2D eigenvalue weighted by atomic mass is 35.5. The summed E-state index contributed by atoms with van der Waals surface area (Å²) in [6.45, 7) is 3.14. The Kier molecular flexibility index (Phi) is 5.26. The van der Waals surface area contributed by atoms with E-state index in [9.17, 15) is 0 Å². The normalized spacial score (nSPS) is 19.5. The lowest BCUT2D eigenvalue weighted by atomic mass is 9.87. The van der Waals surface area contributed by atoms with Crippen molar-refractivity contribution >= 4 is 11.6 Å². The predicted molar refractivity (Wildman–Crippen MR) is 80.8 cm³/mol. The van der Waals surface area contributed by atoms with Crippen molar-refractivity contribution in [1.82, 2.24) is 5.32 Å². The van der Waals surface area contributed by atoms with Gasteiger partial charge in [0.15, 0.2) is 0 Å². The van der Waals surface area contributed by atoms with Crippen LogP contribution in [-0.2, 0) is 11.2 Å². The van der Waals surface area contributed by atoms with E-state index in [2.05, 4.69) is 24.4 Å². The molecule has 1 aromatic carbocycles. The Balaban J connectivity index is 2.13. The topological polar surface area (TPSA) is 21.3 Å². The Hall–Kier alpha value is -0.570. The molecule has 106 valence electrons. The van der Waals surface area contributed by atoms with Gasteiger partial charge in [-0.05, 0) is 43.5 Å². The van der Waals surface area contributed by atoms with Gasteiger partial charge in [0.1, 0.15) is 0 Å². The zero-order chi connectivity index (χ0) is 13.7. The lowest BCUT2D eigenvalue weighted by Gasteiger charge is -2.37. The summed E-state index contributed by atoms with van der Waals surface area (Å²) in [5, 5.41) is 4.42. The van der Waals surface area contributed by atoms with Crippen molar-refractivity contribution in [2.24, 2.45) is 0 Å². The van der Waals surface area contributed by atoms with Crippen molar-refractivity contribution < 1.29 is 4.74 Å². The van der Waals surface area contributed by atoms with Crippen LogP contribution in [0.2, 0.25) is 5.02 Å². The average molecular weight is 282 g/mol. The zero-order valence-corrected chi connectivity index (χ0v) is 12.7. The lowest BCUT2D eigenvalue weighted by Crippen LogP contribution is -2.51. The van der Waals surface area contributed by atoms with Gasteiger partial charge < -0.3 is 10.1 Å². The van der Waals surface area contributed by atoms with Gasteiger partial charge in [0.25, 0.3) is 0 Å².